The molecule has 0 aliphatic heterocycles. The Kier molecular flexibility index (Phi) is 1.70. The van der Waals surface area contributed by atoms with Crippen LogP contribution in [0, 0.1) is 6.92 Å². The zero-order chi connectivity index (χ0) is 8.55. The van der Waals surface area contributed by atoms with Gasteiger partial charge in [-0.05, 0) is 19.1 Å². The molecular formula is C10H8OS. The molecule has 0 saturated heterocycles. The summed E-state index contributed by atoms with van der Waals surface area (Å²) in [5.41, 5.74) is 2.00. The smallest absolute Gasteiger partial charge is 0.151 e. The molecule has 0 bridgehead atoms. The van der Waals surface area contributed by atoms with E-state index in [2.05, 4.69) is 18.2 Å². The average molecular weight is 176 g/mol. The van der Waals surface area contributed by atoms with Gasteiger partial charge in [-0.15, -0.1) is 11.3 Å². The molecule has 0 amide bonds. The highest BCUT2D eigenvalue weighted by molar-refractivity contribution is 7.17. The zero-order valence-electron chi connectivity index (χ0n) is 6.70. The summed E-state index contributed by atoms with van der Waals surface area (Å²) in [7, 11) is 0. The molecule has 2 aromatic rings. The lowest BCUT2D eigenvalue weighted by Crippen LogP contribution is -1.75. The molecule has 1 aromatic heterocycles. The normalized spacial score (nSPS) is 10.4. The predicted molar refractivity (Wildman–Crippen MR) is 51.9 cm³/mol. The van der Waals surface area contributed by atoms with E-state index >= 15 is 0 Å². The van der Waals surface area contributed by atoms with Crippen LogP contribution in [0.5, 0.6) is 0 Å². The second-order valence-electron chi connectivity index (χ2n) is 2.81. The number of hydrogen-bond acceptors (Lipinski definition) is 2. The minimum atomic E-state index is 0.804. The lowest BCUT2D eigenvalue weighted by Gasteiger charge is -1.92. The van der Waals surface area contributed by atoms with Gasteiger partial charge in [-0.25, -0.2) is 0 Å². The van der Waals surface area contributed by atoms with Gasteiger partial charge in [-0.3, -0.25) is 4.79 Å². The fraction of sp³-hybridized carbons (Fsp3) is 0.100. The number of aryl methyl sites for hydroxylation is 1. The zero-order valence-corrected chi connectivity index (χ0v) is 7.52. The molecule has 0 N–H and O–H groups in total. The number of hydrogen-bond donors (Lipinski definition) is 0. The van der Waals surface area contributed by atoms with Gasteiger partial charge < -0.3 is 0 Å². The van der Waals surface area contributed by atoms with Gasteiger partial charge in [0.05, 0.1) is 0 Å². The Balaban J connectivity index is 2.83. The van der Waals surface area contributed by atoms with Crippen molar-refractivity contribution >= 4 is 27.7 Å². The van der Waals surface area contributed by atoms with Crippen molar-refractivity contribution in [2.24, 2.45) is 0 Å². The van der Waals surface area contributed by atoms with Crippen LogP contribution >= 0.6 is 11.3 Å². The SMILES string of the molecule is Cc1ccc2scc(C=O)c2c1. The van der Waals surface area contributed by atoms with E-state index in [0.717, 1.165) is 17.2 Å². The minimum Gasteiger partial charge on any atom is -0.298 e. The summed E-state index contributed by atoms with van der Waals surface area (Å²) < 4.78 is 1.18. The predicted octanol–water partition coefficient (Wildman–Crippen LogP) is 3.02. The van der Waals surface area contributed by atoms with Gasteiger partial charge in [0.1, 0.15) is 0 Å². The quantitative estimate of drug-likeness (QED) is 0.610. The highest BCUT2D eigenvalue weighted by atomic mass is 32.1. The molecule has 0 radical (unpaired) electrons. The van der Waals surface area contributed by atoms with Crippen LogP contribution in [0.25, 0.3) is 10.1 Å². The number of carbonyl (C=O) groups excluding carboxylic acids is 1. The number of thiophene rings is 1. The van der Waals surface area contributed by atoms with Crippen molar-refractivity contribution in [1.29, 1.82) is 0 Å². The Morgan fingerprint density at radius 2 is 2.25 bits per heavy atom. The summed E-state index contributed by atoms with van der Waals surface area (Å²) in [6.07, 6.45) is 0.915. The van der Waals surface area contributed by atoms with Crippen molar-refractivity contribution in [3.8, 4) is 0 Å². The second kappa shape index (κ2) is 2.72. The average Bonchev–Trinajstić information content (AvgIpc) is 2.46. The summed E-state index contributed by atoms with van der Waals surface area (Å²) in [4.78, 5) is 10.6. The van der Waals surface area contributed by atoms with Crippen molar-refractivity contribution in [1.82, 2.24) is 0 Å². The van der Waals surface area contributed by atoms with Gasteiger partial charge in [0.15, 0.2) is 6.29 Å². The summed E-state index contributed by atoms with van der Waals surface area (Å²) in [5.74, 6) is 0. The van der Waals surface area contributed by atoms with Crippen molar-refractivity contribution in [3.63, 3.8) is 0 Å². The van der Waals surface area contributed by atoms with Crippen molar-refractivity contribution in [2.75, 3.05) is 0 Å². The first kappa shape index (κ1) is 7.50. The van der Waals surface area contributed by atoms with Gasteiger partial charge in [-0.1, -0.05) is 11.6 Å². The maximum absolute atomic E-state index is 10.6. The minimum absolute atomic E-state index is 0.804. The summed E-state index contributed by atoms with van der Waals surface area (Å²) in [6.45, 7) is 2.03. The van der Waals surface area contributed by atoms with E-state index in [0.29, 0.717) is 0 Å². The Labute approximate surface area is 74.6 Å². The second-order valence-corrected chi connectivity index (χ2v) is 3.72. The number of rotatable bonds is 1. The Hall–Kier alpha value is -1.15. The van der Waals surface area contributed by atoms with E-state index in [1.807, 2.05) is 12.3 Å². The molecule has 1 nitrogen and oxygen atoms in total. The lowest BCUT2D eigenvalue weighted by atomic mass is 10.1. The van der Waals surface area contributed by atoms with Crippen molar-refractivity contribution in [3.05, 3.63) is 34.7 Å². The molecule has 0 fully saturated rings. The molecule has 2 rings (SSSR count). The van der Waals surface area contributed by atoms with Crippen LogP contribution in [0.15, 0.2) is 23.6 Å². The van der Waals surface area contributed by atoms with Gasteiger partial charge in [-0.2, -0.15) is 0 Å². The van der Waals surface area contributed by atoms with Crippen LogP contribution < -0.4 is 0 Å². The fourth-order valence-electron chi connectivity index (χ4n) is 1.25. The molecule has 1 aromatic carbocycles. The van der Waals surface area contributed by atoms with Gasteiger partial charge in [0, 0.05) is 21.0 Å². The topological polar surface area (TPSA) is 17.1 Å². The van der Waals surface area contributed by atoms with Crippen LogP contribution in [0.3, 0.4) is 0 Å². The molecular weight excluding hydrogens is 168 g/mol. The third-order valence-electron chi connectivity index (χ3n) is 1.89. The van der Waals surface area contributed by atoms with E-state index in [4.69, 9.17) is 0 Å². The third-order valence-corrected chi connectivity index (χ3v) is 2.87. The highest BCUT2D eigenvalue weighted by Gasteiger charge is 2.01. The van der Waals surface area contributed by atoms with Gasteiger partial charge in [0.25, 0.3) is 0 Å². The van der Waals surface area contributed by atoms with Gasteiger partial charge >= 0.3 is 0 Å². The lowest BCUT2D eigenvalue weighted by molar-refractivity contribution is 0.112. The van der Waals surface area contributed by atoms with E-state index in [1.54, 1.807) is 11.3 Å². The number of benzene rings is 1. The maximum atomic E-state index is 10.6. The van der Waals surface area contributed by atoms with Crippen LogP contribution in [0.1, 0.15) is 15.9 Å². The van der Waals surface area contributed by atoms with Gasteiger partial charge in [0.2, 0.25) is 0 Å². The van der Waals surface area contributed by atoms with Crippen molar-refractivity contribution < 1.29 is 4.79 Å². The first-order valence-corrected chi connectivity index (χ1v) is 4.62. The van der Waals surface area contributed by atoms with Crippen LogP contribution in [0.2, 0.25) is 0 Å². The number of carbonyl (C=O) groups is 1. The largest absolute Gasteiger partial charge is 0.298 e. The Morgan fingerprint density at radius 1 is 1.42 bits per heavy atom. The standard InChI is InChI=1S/C10H8OS/c1-7-2-3-10-9(4-7)8(5-11)6-12-10/h2-6H,1H3. The van der Waals surface area contributed by atoms with E-state index in [1.165, 1.54) is 10.3 Å². The third kappa shape index (κ3) is 1.04. The highest BCUT2D eigenvalue weighted by Crippen LogP contribution is 2.25. The molecule has 60 valence electrons. The number of fused-ring (bicyclic) bond motifs is 1. The van der Waals surface area contributed by atoms with E-state index < -0.39 is 0 Å². The molecule has 0 spiro atoms. The molecule has 1 heterocycles. The molecule has 2 heteroatoms. The first-order chi connectivity index (χ1) is 5.81. The monoisotopic (exact) mass is 176 g/mol. The Morgan fingerprint density at radius 3 is 3.00 bits per heavy atom. The van der Waals surface area contributed by atoms with Crippen molar-refractivity contribution in [2.45, 2.75) is 6.92 Å². The fourth-order valence-corrected chi connectivity index (χ4v) is 2.14. The molecule has 0 aliphatic rings. The van der Waals surface area contributed by atoms with Crippen LogP contribution in [-0.2, 0) is 0 Å². The molecule has 0 aliphatic carbocycles. The molecule has 0 atom stereocenters. The Bertz CT molecular complexity index is 428. The summed E-state index contributed by atoms with van der Waals surface area (Å²) in [6, 6.07) is 6.17. The van der Waals surface area contributed by atoms with E-state index in [9.17, 15) is 4.79 Å². The molecule has 12 heavy (non-hydrogen) atoms. The first-order valence-electron chi connectivity index (χ1n) is 3.74. The van der Waals surface area contributed by atoms with Crippen LogP contribution in [0.4, 0.5) is 0 Å². The van der Waals surface area contributed by atoms with Crippen LogP contribution in [-0.4, -0.2) is 6.29 Å². The van der Waals surface area contributed by atoms with E-state index in [-0.39, 0.29) is 0 Å². The molecule has 0 unspecified atom stereocenters. The summed E-state index contributed by atoms with van der Waals surface area (Å²) >= 11 is 1.62. The molecule has 0 saturated carbocycles. The summed E-state index contributed by atoms with van der Waals surface area (Å²) in [5, 5.41) is 2.98. The maximum Gasteiger partial charge on any atom is 0.151 e. The number of aldehydes is 1.